The zero-order valence-electron chi connectivity index (χ0n) is 12.1. The van der Waals surface area contributed by atoms with E-state index < -0.39 is 0 Å². The zero-order chi connectivity index (χ0) is 14.5. The molecule has 2 rings (SSSR count). The van der Waals surface area contributed by atoms with Crippen molar-refractivity contribution in [3.8, 4) is 0 Å². The van der Waals surface area contributed by atoms with E-state index in [1.807, 2.05) is 50.4 Å². The average molecular weight is 269 g/mol. The van der Waals surface area contributed by atoms with Crippen LogP contribution in [0.3, 0.4) is 0 Å². The van der Waals surface area contributed by atoms with E-state index in [4.69, 9.17) is 0 Å². The number of carbonyl (C=O) groups excluding carboxylic acids is 1. The summed E-state index contributed by atoms with van der Waals surface area (Å²) in [6.45, 7) is 2.49. The van der Waals surface area contributed by atoms with Gasteiger partial charge in [-0.05, 0) is 42.8 Å². The summed E-state index contributed by atoms with van der Waals surface area (Å²) in [6.07, 6.45) is 1.74. The van der Waals surface area contributed by atoms with Crippen LogP contribution in [0.25, 0.3) is 0 Å². The molecule has 1 N–H and O–H groups in total. The third kappa shape index (κ3) is 3.15. The number of pyridine rings is 1. The summed E-state index contributed by atoms with van der Waals surface area (Å²) in [7, 11) is 3.66. The number of aryl methyl sites for hydroxylation is 1. The summed E-state index contributed by atoms with van der Waals surface area (Å²) in [4.78, 5) is 18.3. The monoisotopic (exact) mass is 269 g/mol. The second-order valence-corrected chi connectivity index (χ2v) is 4.76. The highest BCUT2D eigenvalue weighted by Crippen LogP contribution is 2.17. The molecular weight excluding hydrogens is 250 g/mol. The van der Waals surface area contributed by atoms with Gasteiger partial charge in [0.05, 0.1) is 12.2 Å². The predicted octanol–water partition coefficient (Wildman–Crippen LogP) is 2.70. The molecule has 4 heteroatoms. The summed E-state index contributed by atoms with van der Waals surface area (Å²) < 4.78 is 0. The van der Waals surface area contributed by atoms with E-state index in [0.29, 0.717) is 12.1 Å². The van der Waals surface area contributed by atoms with Gasteiger partial charge in [0.25, 0.3) is 5.91 Å². The highest BCUT2D eigenvalue weighted by molar-refractivity contribution is 5.94. The SMILES string of the molecule is CNc1ccc(C(=O)N(C)Cc2ccccn2)cc1C. The van der Waals surface area contributed by atoms with Crippen LogP contribution in [0.5, 0.6) is 0 Å². The number of anilines is 1. The maximum atomic E-state index is 12.4. The number of rotatable bonds is 4. The van der Waals surface area contributed by atoms with Crippen molar-refractivity contribution in [2.75, 3.05) is 19.4 Å². The quantitative estimate of drug-likeness (QED) is 0.928. The molecule has 4 nitrogen and oxygen atoms in total. The lowest BCUT2D eigenvalue weighted by molar-refractivity contribution is 0.0783. The standard InChI is InChI=1S/C16H19N3O/c1-12-10-13(7-8-15(12)17-2)16(20)19(3)11-14-6-4-5-9-18-14/h4-10,17H,11H2,1-3H3. The number of amides is 1. The number of benzene rings is 1. The van der Waals surface area contributed by atoms with Gasteiger partial charge in [0.15, 0.2) is 0 Å². The summed E-state index contributed by atoms with van der Waals surface area (Å²) in [5.74, 6) is 0.00130. The van der Waals surface area contributed by atoms with Crippen molar-refractivity contribution in [3.05, 3.63) is 59.4 Å². The van der Waals surface area contributed by atoms with E-state index in [0.717, 1.165) is 16.9 Å². The van der Waals surface area contributed by atoms with Gasteiger partial charge in [0, 0.05) is 31.5 Å². The summed E-state index contributed by atoms with van der Waals surface area (Å²) in [5, 5.41) is 3.10. The van der Waals surface area contributed by atoms with Crippen molar-refractivity contribution in [2.24, 2.45) is 0 Å². The zero-order valence-corrected chi connectivity index (χ0v) is 12.1. The summed E-state index contributed by atoms with van der Waals surface area (Å²) in [6, 6.07) is 11.4. The first-order valence-electron chi connectivity index (χ1n) is 6.55. The Balaban J connectivity index is 2.12. The number of hydrogen-bond acceptors (Lipinski definition) is 3. The van der Waals surface area contributed by atoms with Crippen LogP contribution >= 0.6 is 0 Å². The van der Waals surface area contributed by atoms with E-state index in [1.54, 1.807) is 18.1 Å². The Bertz CT molecular complexity index is 596. The molecule has 0 saturated carbocycles. The van der Waals surface area contributed by atoms with Gasteiger partial charge in [-0.15, -0.1) is 0 Å². The molecular formula is C16H19N3O. The molecule has 0 spiro atoms. The van der Waals surface area contributed by atoms with E-state index in [2.05, 4.69) is 10.3 Å². The Labute approximate surface area is 119 Å². The van der Waals surface area contributed by atoms with Crippen LogP contribution in [-0.4, -0.2) is 29.9 Å². The highest BCUT2D eigenvalue weighted by Gasteiger charge is 2.13. The maximum absolute atomic E-state index is 12.4. The van der Waals surface area contributed by atoms with E-state index >= 15 is 0 Å². The molecule has 1 amide bonds. The predicted molar refractivity (Wildman–Crippen MR) is 80.8 cm³/mol. The maximum Gasteiger partial charge on any atom is 0.253 e. The van der Waals surface area contributed by atoms with Crippen molar-refractivity contribution in [1.82, 2.24) is 9.88 Å². The third-order valence-electron chi connectivity index (χ3n) is 3.21. The molecule has 104 valence electrons. The first-order chi connectivity index (χ1) is 9.61. The van der Waals surface area contributed by atoms with Gasteiger partial charge in [-0.1, -0.05) is 6.07 Å². The fourth-order valence-corrected chi connectivity index (χ4v) is 2.10. The molecule has 0 aliphatic rings. The second-order valence-electron chi connectivity index (χ2n) is 4.76. The Morgan fingerprint density at radius 1 is 1.30 bits per heavy atom. The molecule has 0 aliphatic carbocycles. The number of hydrogen-bond donors (Lipinski definition) is 1. The normalized spacial score (nSPS) is 10.2. The molecule has 20 heavy (non-hydrogen) atoms. The Kier molecular flexibility index (Phi) is 4.35. The van der Waals surface area contributed by atoms with Gasteiger partial charge < -0.3 is 10.2 Å². The molecule has 2 aromatic rings. The number of nitrogens with one attached hydrogen (secondary N) is 1. The van der Waals surface area contributed by atoms with E-state index in [1.165, 1.54) is 0 Å². The highest BCUT2D eigenvalue weighted by atomic mass is 16.2. The fourth-order valence-electron chi connectivity index (χ4n) is 2.10. The number of carbonyl (C=O) groups is 1. The molecule has 0 saturated heterocycles. The lowest BCUT2D eigenvalue weighted by Crippen LogP contribution is -2.26. The molecule has 0 aliphatic heterocycles. The van der Waals surface area contributed by atoms with Gasteiger partial charge in [0.2, 0.25) is 0 Å². The van der Waals surface area contributed by atoms with Crippen molar-refractivity contribution in [3.63, 3.8) is 0 Å². The first kappa shape index (κ1) is 14.1. The Hall–Kier alpha value is -2.36. The third-order valence-corrected chi connectivity index (χ3v) is 3.21. The van der Waals surface area contributed by atoms with Gasteiger partial charge in [-0.3, -0.25) is 9.78 Å². The van der Waals surface area contributed by atoms with Crippen molar-refractivity contribution < 1.29 is 4.79 Å². The number of aromatic nitrogens is 1. The lowest BCUT2D eigenvalue weighted by Gasteiger charge is -2.17. The van der Waals surface area contributed by atoms with Crippen LogP contribution in [0.2, 0.25) is 0 Å². The fraction of sp³-hybridized carbons (Fsp3) is 0.250. The Morgan fingerprint density at radius 3 is 2.70 bits per heavy atom. The number of nitrogens with zero attached hydrogens (tertiary/aromatic N) is 2. The smallest absolute Gasteiger partial charge is 0.253 e. The average Bonchev–Trinajstić information content (AvgIpc) is 2.47. The summed E-state index contributed by atoms with van der Waals surface area (Å²) in [5.41, 5.74) is 3.67. The van der Waals surface area contributed by atoms with E-state index in [-0.39, 0.29) is 5.91 Å². The van der Waals surface area contributed by atoms with Gasteiger partial charge in [-0.2, -0.15) is 0 Å². The van der Waals surface area contributed by atoms with Crippen molar-refractivity contribution in [1.29, 1.82) is 0 Å². The van der Waals surface area contributed by atoms with Gasteiger partial charge in [0.1, 0.15) is 0 Å². The molecule has 1 aromatic carbocycles. The largest absolute Gasteiger partial charge is 0.388 e. The molecule has 1 heterocycles. The minimum absolute atomic E-state index is 0.00130. The molecule has 1 aromatic heterocycles. The minimum atomic E-state index is 0.00130. The van der Waals surface area contributed by atoms with Crippen molar-refractivity contribution in [2.45, 2.75) is 13.5 Å². The molecule has 0 radical (unpaired) electrons. The van der Waals surface area contributed by atoms with E-state index in [9.17, 15) is 4.79 Å². The topological polar surface area (TPSA) is 45.2 Å². The molecule has 0 unspecified atom stereocenters. The van der Waals surface area contributed by atoms with Crippen LogP contribution in [0.15, 0.2) is 42.6 Å². The van der Waals surface area contributed by atoms with Crippen LogP contribution in [-0.2, 0) is 6.54 Å². The minimum Gasteiger partial charge on any atom is -0.388 e. The molecule has 0 atom stereocenters. The lowest BCUT2D eigenvalue weighted by atomic mass is 10.1. The van der Waals surface area contributed by atoms with Crippen molar-refractivity contribution >= 4 is 11.6 Å². The first-order valence-corrected chi connectivity index (χ1v) is 6.55. The second kappa shape index (κ2) is 6.19. The molecule has 0 bridgehead atoms. The Morgan fingerprint density at radius 2 is 2.10 bits per heavy atom. The van der Waals surface area contributed by atoms with Crippen LogP contribution < -0.4 is 5.32 Å². The van der Waals surface area contributed by atoms with Crippen LogP contribution in [0.1, 0.15) is 21.6 Å². The van der Waals surface area contributed by atoms with Crippen LogP contribution in [0.4, 0.5) is 5.69 Å². The van der Waals surface area contributed by atoms with Crippen LogP contribution in [0, 0.1) is 6.92 Å². The summed E-state index contributed by atoms with van der Waals surface area (Å²) >= 11 is 0. The molecule has 0 fully saturated rings. The van der Waals surface area contributed by atoms with Gasteiger partial charge >= 0.3 is 0 Å². The van der Waals surface area contributed by atoms with Gasteiger partial charge in [-0.25, -0.2) is 0 Å².